The zero-order valence-corrected chi connectivity index (χ0v) is 4.79. The van der Waals surface area contributed by atoms with Crippen LogP contribution < -0.4 is 0 Å². The number of hydrogen-bond acceptors (Lipinski definition) is 3. The Balaban J connectivity index is 2.55. The molecule has 0 aromatic carbocycles. The third-order valence-corrected chi connectivity index (χ3v) is 1.32. The number of oxime groups is 1. The van der Waals surface area contributed by atoms with Crippen LogP contribution in [0, 0.1) is 0 Å². The Morgan fingerprint density at radius 1 is 1.88 bits per heavy atom. The molecular formula is C5H9NO2. The molecule has 3 nitrogen and oxygen atoms in total. The van der Waals surface area contributed by atoms with Crippen molar-refractivity contribution >= 4 is 5.71 Å². The second-order valence-electron chi connectivity index (χ2n) is 1.85. The molecule has 1 aliphatic heterocycles. The van der Waals surface area contributed by atoms with Gasteiger partial charge in [-0.15, -0.1) is 0 Å². The third-order valence-electron chi connectivity index (χ3n) is 1.32. The smallest absolute Gasteiger partial charge is 0.0962 e. The first-order valence-corrected chi connectivity index (χ1v) is 2.67. The van der Waals surface area contributed by atoms with Gasteiger partial charge in [-0.25, -0.2) is 0 Å². The largest absolute Gasteiger partial charge is 0.411 e. The van der Waals surface area contributed by atoms with Crippen LogP contribution >= 0.6 is 0 Å². The van der Waals surface area contributed by atoms with Gasteiger partial charge in [-0.05, 0) is 6.92 Å². The fourth-order valence-corrected chi connectivity index (χ4v) is 0.771. The molecule has 0 aliphatic carbocycles. The first-order valence-electron chi connectivity index (χ1n) is 2.67. The predicted molar refractivity (Wildman–Crippen MR) is 29.3 cm³/mol. The molecule has 1 unspecified atom stereocenters. The summed E-state index contributed by atoms with van der Waals surface area (Å²) < 4.78 is 5.07. The summed E-state index contributed by atoms with van der Waals surface area (Å²) in [5.41, 5.74) is 0.755. The average molecular weight is 115 g/mol. The van der Waals surface area contributed by atoms with Gasteiger partial charge >= 0.3 is 0 Å². The maximum absolute atomic E-state index is 8.24. The van der Waals surface area contributed by atoms with Crippen molar-refractivity contribution in [1.29, 1.82) is 0 Å². The highest BCUT2D eigenvalue weighted by molar-refractivity contribution is 5.89. The SMILES string of the molecule is CC1OCCC1=NO. The summed E-state index contributed by atoms with van der Waals surface area (Å²) in [7, 11) is 0. The van der Waals surface area contributed by atoms with Crippen molar-refractivity contribution in [3.63, 3.8) is 0 Å². The molecule has 0 bridgehead atoms. The molecule has 1 heterocycles. The molecule has 1 saturated heterocycles. The summed E-state index contributed by atoms with van der Waals surface area (Å²) in [6, 6.07) is 0. The molecule has 0 saturated carbocycles. The Morgan fingerprint density at radius 2 is 2.62 bits per heavy atom. The minimum atomic E-state index is 0.0278. The van der Waals surface area contributed by atoms with E-state index in [2.05, 4.69) is 5.16 Å². The monoisotopic (exact) mass is 115 g/mol. The van der Waals surface area contributed by atoms with Crippen LogP contribution in [0.1, 0.15) is 13.3 Å². The Hall–Kier alpha value is -0.570. The number of hydrogen-bond donors (Lipinski definition) is 1. The van der Waals surface area contributed by atoms with Crippen LogP contribution in [0.2, 0.25) is 0 Å². The van der Waals surface area contributed by atoms with Crippen molar-refractivity contribution < 1.29 is 9.94 Å². The topological polar surface area (TPSA) is 41.8 Å². The summed E-state index contributed by atoms with van der Waals surface area (Å²) in [6.07, 6.45) is 0.803. The molecule has 1 rings (SSSR count). The standard InChI is InChI=1S/C5H9NO2/c1-4-5(6-7)2-3-8-4/h4,7H,2-3H2,1H3. The Labute approximate surface area is 48.0 Å². The van der Waals surface area contributed by atoms with E-state index in [-0.39, 0.29) is 6.10 Å². The van der Waals surface area contributed by atoms with Gasteiger partial charge in [0.25, 0.3) is 0 Å². The highest BCUT2D eigenvalue weighted by Crippen LogP contribution is 2.07. The van der Waals surface area contributed by atoms with Crippen molar-refractivity contribution in [2.24, 2.45) is 5.16 Å². The molecule has 0 aromatic rings. The molecule has 0 radical (unpaired) electrons. The van der Waals surface area contributed by atoms with Gasteiger partial charge in [0.1, 0.15) is 0 Å². The zero-order valence-electron chi connectivity index (χ0n) is 4.79. The van der Waals surface area contributed by atoms with E-state index < -0.39 is 0 Å². The summed E-state index contributed by atoms with van der Waals surface area (Å²) in [5, 5.41) is 11.3. The van der Waals surface area contributed by atoms with Crippen LogP contribution in [0.4, 0.5) is 0 Å². The van der Waals surface area contributed by atoms with Crippen molar-refractivity contribution in [1.82, 2.24) is 0 Å². The maximum Gasteiger partial charge on any atom is 0.0962 e. The quantitative estimate of drug-likeness (QED) is 0.371. The second kappa shape index (κ2) is 2.13. The molecular weight excluding hydrogens is 106 g/mol. The van der Waals surface area contributed by atoms with Gasteiger partial charge < -0.3 is 9.94 Å². The normalized spacial score (nSPS) is 34.1. The van der Waals surface area contributed by atoms with Crippen LogP contribution in [0.15, 0.2) is 5.16 Å². The lowest BCUT2D eigenvalue weighted by Crippen LogP contribution is -2.09. The van der Waals surface area contributed by atoms with Crippen LogP contribution in [-0.4, -0.2) is 23.6 Å². The second-order valence-corrected chi connectivity index (χ2v) is 1.85. The van der Waals surface area contributed by atoms with E-state index >= 15 is 0 Å². The van der Waals surface area contributed by atoms with E-state index in [1.807, 2.05) is 6.92 Å². The zero-order chi connectivity index (χ0) is 5.98. The van der Waals surface area contributed by atoms with Crippen molar-refractivity contribution in [2.75, 3.05) is 6.61 Å². The third kappa shape index (κ3) is 0.816. The van der Waals surface area contributed by atoms with E-state index in [9.17, 15) is 0 Å². The molecule has 8 heavy (non-hydrogen) atoms. The molecule has 1 atom stereocenters. The first kappa shape index (κ1) is 5.56. The van der Waals surface area contributed by atoms with Gasteiger partial charge in [-0.3, -0.25) is 0 Å². The number of rotatable bonds is 0. The lowest BCUT2D eigenvalue weighted by molar-refractivity contribution is 0.144. The van der Waals surface area contributed by atoms with Crippen molar-refractivity contribution in [3.8, 4) is 0 Å². The fourth-order valence-electron chi connectivity index (χ4n) is 0.771. The Bertz CT molecular complexity index is 111. The van der Waals surface area contributed by atoms with Gasteiger partial charge in [0.05, 0.1) is 18.4 Å². The Kier molecular flexibility index (Phi) is 1.48. The van der Waals surface area contributed by atoms with Gasteiger partial charge in [0, 0.05) is 6.42 Å². The predicted octanol–water partition coefficient (Wildman–Crippen LogP) is 0.625. The van der Waals surface area contributed by atoms with Gasteiger partial charge in [-0.1, -0.05) is 5.16 Å². The van der Waals surface area contributed by atoms with Crippen LogP contribution in [0.25, 0.3) is 0 Å². The van der Waals surface area contributed by atoms with Gasteiger partial charge in [-0.2, -0.15) is 0 Å². The minimum absolute atomic E-state index is 0.0278. The minimum Gasteiger partial charge on any atom is -0.411 e. The molecule has 46 valence electrons. The van der Waals surface area contributed by atoms with Gasteiger partial charge in [0.15, 0.2) is 0 Å². The van der Waals surface area contributed by atoms with E-state index in [4.69, 9.17) is 9.94 Å². The summed E-state index contributed by atoms with van der Waals surface area (Å²) in [4.78, 5) is 0. The average Bonchev–Trinajstić information content (AvgIpc) is 2.14. The van der Waals surface area contributed by atoms with E-state index in [1.54, 1.807) is 0 Å². The van der Waals surface area contributed by atoms with Gasteiger partial charge in [0.2, 0.25) is 0 Å². The van der Waals surface area contributed by atoms with E-state index in [0.717, 1.165) is 12.1 Å². The molecule has 1 N–H and O–H groups in total. The van der Waals surface area contributed by atoms with Crippen molar-refractivity contribution in [2.45, 2.75) is 19.4 Å². The maximum atomic E-state index is 8.24. The van der Waals surface area contributed by atoms with Crippen molar-refractivity contribution in [3.05, 3.63) is 0 Å². The molecule has 0 spiro atoms. The number of nitrogens with zero attached hydrogens (tertiary/aromatic N) is 1. The first-order chi connectivity index (χ1) is 3.84. The van der Waals surface area contributed by atoms with E-state index in [1.165, 1.54) is 0 Å². The highest BCUT2D eigenvalue weighted by atomic mass is 16.5. The Morgan fingerprint density at radius 3 is 2.88 bits per heavy atom. The summed E-state index contributed by atoms with van der Waals surface area (Å²) >= 11 is 0. The molecule has 0 amide bonds. The summed E-state index contributed by atoms with van der Waals surface area (Å²) in [6.45, 7) is 2.57. The number of ether oxygens (including phenoxy) is 1. The molecule has 1 fully saturated rings. The lowest BCUT2D eigenvalue weighted by atomic mass is 10.2. The van der Waals surface area contributed by atoms with Crippen LogP contribution in [-0.2, 0) is 4.74 Å². The molecule has 0 aromatic heterocycles. The molecule has 3 heteroatoms. The fraction of sp³-hybridized carbons (Fsp3) is 0.800. The van der Waals surface area contributed by atoms with E-state index in [0.29, 0.717) is 6.61 Å². The lowest BCUT2D eigenvalue weighted by Gasteiger charge is -1.97. The van der Waals surface area contributed by atoms with Crippen LogP contribution in [0.3, 0.4) is 0 Å². The van der Waals surface area contributed by atoms with Crippen LogP contribution in [0.5, 0.6) is 0 Å². The highest BCUT2D eigenvalue weighted by Gasteiger charge is 2.18. The summed E-state index contributed by atoms with van der Waals surface area (Å²) in [5.74, 6) is 0. The molecule has 1 aliphatic rings.